The molecule has 2 N–H and O–H groups in total. The summed E-state index contributed by atoms with van der Waals surface area (Å²) in [6, 6.07) is 7.44. The summed E-state index contributed by atoms with van der Waals surface area (Å²) in [6.07, 6.45) is 0. The number of aryl methyl sites for hydroxylation is 1. The molecule has 0 bridgehead atoms. The highest BCUT2D eigenvalue weighted by molar-refractivity contribution is 6.34. The lowest BCUT2D eigenvalue weighted by Gasteiger charge is -2.07. The Hall–Kier alpha value is -2.63. The van der Waals surface area contributed by atoms with E-state index in [2.05, 4.69) is 15.5 Å². The monoisotopic (exact) mass is 273 g/mol. The molecular weight excluding hydrogens is 258 g/mol. The van der Waals surface area contributed by atoms with Crippen LogP contribution >= 0.6 is 0 Å². The van der Waals surface area contributed by atoms with Gasteiger partial charge in [-0.2, -0.15) is 5.10 Å². The Morgan fingerprint density at radius 3 is 2.80 bits per heavy atom. The molecule has 0 radical (unpaired) electrons. The Morgan fingerprint density at radius 2 is 2.15 bits per heavy atom. The highest BCUT2D eigenvalue weighted by Crippen LogP contribution is 2.24. The molecule has 0 atom stereocenters. The number of hydrogen-bond donors (Lipinski definition) is 2. The number of anilines is 1. The van der Waals surface area contributed by atoms with E-state index < -0.39 is 5.97 Å². The van der Waals surface area contributed by atoms with Crippen LogP contribution in [0.15, 0.2) is 29.4 Å². The zero-order valence-electron chi connectivity index (χ0n) is 11.5. The zero-order chi connectivity index (χ0) is 14.7. The van der Waals surface area contributed by atoms with Gasteiger partial charge in [-0.1, -0.05) is 0 Å². The molecule has 0 saturated heterocycles. The van der Waals surface area contributed by atoms with E-state index in [1.54, 1.807) is 7.11 Å². The van der Waals surface area contributed by atoms with Gasteiger partial charge in [-0.15, -0.1) is 0 Å². The fourth-order valence-corrected chi connectivity index (χ4v) is 1.76. The summed E-state index contributed by atoms with van der Waals surface area (Å²) >= 11 is 0. The number of methoxy groups -OCH3 is 1. The molecule has 1 aromatic heterocycles. The van der Waals surface area contributed by atoms with Crippen molar-refractivity contribution in [1.29, 1.82) is 0 Å². The largest absolute Gasteiger partial charge is 0.497 e. The Bertz CT molecular complexity index is 695. The minimum atomic E-state index is -1.07. The summed E-state index contributed by atoms with van der Waals surface area (Å²) in [5, 5.41) is 13.5. The first kappa shape index (κ1) is 13.8. The number of nitrogens with zero attached hydrogens (tertiary/aromatic N) is 2. The quantitative estimate of drug-likeness (QED) is 0.660. The number of ether oxygens (including phenoxy) is 1. The minimum Gasteiger partial charge on any atom is -0.497 e. The van der Waals surface area contributed by atoms with E-state index in [1.807, 2.05) is 31.2 Å². The molecule has 0 aliphatic heterocycles. The van der Waals surface area contributed by atoms with Crippen molar-refractivity contribution in [3.05, 3.63) is 29.8 Å². The van der Waals surface area contributed by atoms with Gasteiger partial charge in [0.1, 0.15) is 17.3 Å². The molecule has 1 aromatic carbocycles. The lowest BCUT2D eigenvalue weighted by molar-refractivity contribution is -0.129. The number of nitrogens with one attached hydrogen (secondary N) is 1. The van der Waals surface area contributed by atoms with Gasteiger partial charge in [0, 0.05) is 11.5 Å². The molecule has 0 unspecified atom stereocenters. The first-order valence-electron chi connectivity index (χ1n) is 6.00. The van der Waals surface area contributed by atoms with Crippen LogP contribution in [0, 0.1) is 6.92 Å². The van der Waals surface area contributed by atoms with Crippen molar-refractivity contribution in [3.8, 4) is 5.75 Å². The fraction of sp³-hybridized carbons (Fsp3) is 0.214. The first-order chi connectivity index (χ1) is 9.51. The van der Waals surface area contributed by atoms with Gasteiger partial charge in [0.15, 0.2) is 0 Å². The highest BCUT2D eigenvalue weighted by Gasteiger charge is 2.05. The molecular formula is C14H15N3O3. The molecule has 0 aliphatic rings. The number of pyridine rings is 1. The lowest BCUT2D eigenvalue weighted by atomic mass is 10.1. The molecule has 6 nitrogen and oxygen atoms in total. The van der Waals surface area contributed by atoms with Gasteiger partial charge in [-0.25, -0.2) is 9.78 Å². The first-order valence-corrected chi connectivity index (χ1v) is 6.00. The van der Waals surface area contributed by atoms with Gasteiger partial charge in [-0.05, 0) is 37.6 Å². The Balaban J connectivity index is 2.40. The topological polar surface area (TPSA) is 83.8 Å². The van der Waals surface area contributed by atoms with E-state index in [0.717, 1.165) is 16.5 Å². The Labute approximate surface area is 116 Å². The molecule has 0 amide bonds. The lowest BCUT2D eigenvalue weighted by Crippen LogP contribution is -2.10. The summed E-state index contributed by atoms with van der Waals surface area (Å²) in [5.41, 5.74) is 4.40. The second-order valence-electron chi connectivity index (χ2n) is 4.32. The van der Waals surface area contributed by atoms with Crippen LogP contribution in [-0.2, 0) is 4.79 Å². The maximum atomic E-state index is 10.7. The van der Waals surface area contributed by atoms with Gasteiger partial charge < -0.3 is 9.84 Å². The molecule has 2 aromatic rings. The summed E-state index contributed by atoms with van der Waals surface area (Å²) in [5.74, 6) is 0.132. The summed E-state index contributed by atoms with van der Waals surface area (Å²) < 4.78 is 5.17. The van der Waals surface area contributed by atoms with E-state index in [0.29, 0.717) is 11.6 Å². The molecule has 6 heteroatoms. The smallest absolute Gasteiger partial charge is 0.351 e. The van der Waals surface area contributed by atoms with E-state index in [-0.39, 0.29) is 5.71 Å². The molecule has 0 aliphatic carbocycles. The van der Waals surface area contributed by atoms with E-state index in [4.69, 9.17) is 9.84 Å². The SMILES string of the molecule is COc1ccc2c(C)cc(N/N=C(\C)C(=O)O)nc2c1. The second kappa shape index (κ2) is 5.56. The van der Waals surface area contributed by atoms with E-state index in [1.165, 1.54) is 6.92 Å². The predicted octanol–water partition coefficient (Wildman–Crippen LogP) is 2.42. The van der Waals surface area contributed by atoms with Gasteiger partial charge >= 0.3 is 5.97 Å². The van der Waals surface area contributed by atoms with Crippen molar-refractivity contribution in [3.63, 3.8) is 0 Å². The standard InChI is InChI=1S/C14H15N3O3/c1-8-6-13(17-16-9(2)14(18)19)15-12-7-10(20-3)4-5-11(8)12/h4-7H,1-3H3,(H,15,17)(H,18,19)/b16-9+. The van der Waals surface area contributed by atoms with Crippen LogP contribution in [0.5, 0.6) is 5.75 Å². The van der Waals surface area contributed by atoms with E-state index >= 15 is 0 Å². The average Bonchev–Trinajstić information content (AvgIpc) is 2.43. The number of hydrazone groups is 1. The second-order valence-corrected chi connectivity index (χ2v) is 4.32. The summed E-state index contributed by atoms with van der Waals surface area (Å²) in [4.78, 5) is 15.1. The third-order valence-electron chi connectivity index (χ3n) is 2.87. The predicted molar refractivity (Wildman–Crippen MR) is 77.4 cm³/mol. The van der Waals surface area contributed by atoms with Crippen LogP contribution in [0.25, 0.3) is 10.9 Å². The van der Waals surface area contributed by atoms with Crippen LogP contribution < -0.4 is 10.2 Å². The number of aliphatic carboxylic acids is 1. The van der Waals surface area contributed by atoms with Crippen LogP contribution in [0.1, 0.15) is 12.5 Å². The van der Waals surface area contributed by atoms with Gasteiger partial charge in [0.25, 0.3) is 0 Å². The van der Waals surface area contributed by atoms with Crippen LogP contribution in [0.3, 0.4) is 0 Å². The number of benzene rings is 1. The highest BCUT2D eigenvalue weighted by atomic mass is 16.5. The molecule has 0 saturated carbocycles. The van der Waals surface area contributed by atoms with Crippen molar-refractivity contribution in [2.24, 2.45) is 5.10 Å². The third kappa shape index (κ3) is 2.85. The molecule has 0 fully saturated rings. The van der Waals surface area contributed by atoms with Gasteiger partial charge in [0.2, 0.25) is 0 Å². The maximum Gasteiger partial charge on any atom is 0.351 e. The van der Waals surface area contributed by atoms with Crippen LogP contribution in [0.4, 0.5) is 5.82 Å². The molecule has 2 rings (SSSR count). The average molecular weight is 273 g/mol. The third-order valence-corrected chi connectivity index (χ3v) is 2.87. The molecule has 20 heavy (non-hydrogen) atoms. The normalized spacial score (nSPS) is 11.4. The van der Waals surface area contributed by atoms with Crippen molar-refractivity contribution in [2.75, 3.05) is 12.5 Å². The summed E-state index contributed by atoms with van der Waals surface area (Å²) in [6.45, 7) is 3.36. The van der Waals surface area contributed by atoms with Gasteiger partial charge in [0.05, 0.1) is 12.6 Å². The zero-order valence-corrected chi connectivity index (χ0v) is 11.5. The molecule has 104 valence electrons. The molecule has 1 heterocycles. The van der Waals surface area contributed by atoms with Crippen molar-refractivity contribution in [2.45, 2.75) is 13.8 Å². The number of rotatable bonds is 4. The number of fused-ring (bicyclic) bond motifs is 1. The van der Waals surface area contributed by atoms with Crippen molar-refractivity contribution >= 4 is 28.4 Å². The number of aromatic nitrogens is 1. The fourth-order valence-electron chi connectivity index (χ4n) is 1.76. The maximum absolute atomic E-state index is 10.7. The number of carboxylic acid groups (broad SMARTS) is 1. The van der Waals surface area contributed by atoms with Crippen molar-refractivity contribution < 1.29 is 14.6 Å². The van der Waals surface area contributed by atoms with Crippen LogP contribution in [-0.4, -0.2) is 28.9 Å². The van der Waals surface area contributed by atoms with Gasteiger partial charge in [-0.3, -0.25) is 5.43 Å². The molecule has 0 spiro atoms. The number of carboxylic acids is 1. The van der Waals surface area contributed by atoms with E-state index in [9.17, 15) is 4.79 Å². The summed E-state index contributed by atoms with van der Waals surface area (Å²) in [7, 11) is 1.59. The Kier molecular flexibility index (Phi) is 3.84. The number of carbonyl (C=O) groups is 1. The number of hydrogen-bond acceptors (Lipinski definition) is 5. The minimum absolute atomic E-state index is 0.0322. The Morgan fingerprint density at radius 1 is 1.40 bits per heavy atom. The van der Waals surface area contributed by atoms with Crippen LogP contribution in [0.2, 0.25) is 0 Å². The van der Waals surface area contributed by atoms with Crippen molar-refractivity contribution in [1.82, 2.24) is 4.98 Å².